The number of fused-ring (bicyclic) bond motifs is 2. The quantitative estimate of drug-likeness (QED) is 0.698. The number of nitrogens with one attached hydrogen (secondary N) is 1. The number of anilines is 1. The van der Waals surface area contributed by atoms with Crippen molar-refractivity contribution in [2.45, 2.75) is 36.6 Å². The monoisotopic (exact) mass is 430 g/mol. The zero-order valence-corrected chi connectivity index (χ0v) is 16.6. The predicted octanol–water partition coefficient (Wildman–Crippen LogP) is 5.24. The lowest BCUT2D eigenvalue weighted by atomic mass is 9.65. The van der Waals surface area contributed by atoms with Gasteiger partial charge in [0, 0.05) is 20.6 Å². The van der Waals surface area contributed by atoms with Gasteiger partial charge in [-0.2, -0.15) is 0 Å². The Balaban J connectivity index is 1.63. The number of rotatable bonds is 3. The summed E-state index contributed by atoms with van der Waals surface area (Å²) in [4.78, 5) is 12.4. The summed E-state index contributed by atoms with van der Waals surface area (Å²) in [7, 11) is 0. The van der Waals surface area contributed by atoms with E-state index in [0.29, 0.717) is 17.9 Å². The van der Waals surface area contributed by atoms with E-state index in [9.17, 15) is 4.79 Å². The maximum Gasteiger partial charge on any atom is 0.243 e. The molecule has 1 spiro atoms. The summed E-state index contributed by atoms with van der Waals surface area (Å²) >= 11 is 9.89. The minimum absolute atomic E-state index is 0.0500. The van der Waals surface area contributed by atoms with Crippen molar-refractivity contribution >= 4 is 45.2 Å². The summed E-state index contributed by atoms with van der Waals surface area (Å²) in [5.74, 6) is -0.307. The number of amides is 1. The first kappa shape index (κ1) is 17.6. The van der Waals surface area contributed by atoms with Gasteiger partial charge in [0.1, 0.15) is 5.54 Å². The van der Waals surface area contributed by atoms with Gasteiger partial charge < -0.3 is 11.1 Å². The molecule has 0 aliphatic heterocycles. The van der Waals surface area contributed by atoms with Crippen LogP contribution >= 0.6 is 27.5 Å². The predicted molar refractivity (Wildman–Crippen MR) is 110 cm³/mol. The van der Waals surface area contributed by atoms with Gasteiger partial charge in [-0.15, -0.1) is 0 Å². The van der Waals surface area contributed by atoms with Crippen LogP contribution in [0.2, 0.25) is 5.02 Å². The van der Waals surface area contributed by atoms with E-state index in [-0.39, 0.29) is 11.3 Å². The van der Waals surface area contributed by atoms with Gasteiger partial charge in [-0.25, -0.2) is 0 Å². The molecule has 4 rings (SSSR count). The summed E-state index contributed by atoms with van der Waals surface area (Å²) in [5, 5.41) is 4.02. The molecule has 0 bridgehead atoms. The Morgan fingerprint density at radius 1 is 1.08 bits per heavy atom. The Hall–Kier alpha value is -1.78. The number of primary amides is 1. The van der Waals surface area contributed by atoms with Gasteiger partial charge >= 0.3 is 0 Å². The van der Waals surface area contributed by atoms with Crippen LogP contribution in [-0.4, -0.2) is 11.4 Å². The van der Waals surface area contributed by atoms with Crippen molar-refractivity contribution in [2.75, 3.05) is 5.32 Å². The molecular weight excluding hydrogens is 412 g/mol. The van der Waals surface area contributed by atoms with Crippen LogP contribution in [0.4, 0.5) is 5.69 Å². The third-order valence-corrected chi connectivity index (χ3v) is 7.08. The molecule has 0 saturated heterocycles. The van der Waals surface area contributed by atoms with Gasteiger partial charge in [0.25, 0.3) is 0 Å². The zero-order valence-electron chi connectivity index (χ0n) is 14.3. The van der Waals surface area contributed by atoms with Gasteiger partial charge in [-0.1, -0.05) is 57.9 Å². The Morgan fingerprint density at radius 3 is 2.50 bits per heavy atom. The van der Waals surface area contributed by atoms with E-state index in [4.69, 9.17) is 17.3 Å². The third-order valence-electron chi connectivity index (χ3n) is 5.85. The fraction of sp³-hybridized carbons (Fsp3) is 0.286. The first-order valence-corrected chi connectivity index (χ1v) is 9.93. The van der Waals surface area contributed by atoms with Crippen LogP contribution in [0.1, 0.15) is 36.8 Å². The van der Waals surface area contributed by atoms with Gasteiger partial charge in [-0.3, -0.25) is 4.79 Å². The molecule has 1 fully saturated rings. The maximum atomic E-state index is 12.4. The molecule has 3 nitrogen and oxygen atoms in total. The van der Waals surface area contributed by atoms with Gasteiger partial charge in [-0.05, 0) is 61.1 Å². The summed E-state index contributed by atoms with van der Waals surface area (Å²) < 4.78 is 1.20. The highest BCUT2D eigenvalue weighted by Gasteiger charge is 2.50. The molecule has 0 unspecified atom stereocenters. The van der Waals surface area contributed by atoms with E-state index >= 15 is 0 Å². The van der Waals surface area contributed by atoms with Crippen molar-refractivity contribution in [1.82, 2.24) is 0 Å². The summed E-state index contributed by atoms with van der Waals surface area (Å²) in [6.07, 6.45) is 5.27. The fourth-order valence-electron chi connectivity index (χ4n) is 4.35. The fourth-order valence-corrected chi connectivity index (χ4v) is 5.40. The molecule has 2 aliphatic rings. The van der Waals surface area contributed by atoms with Crippen molar-refractivity contribution in [3.05, 3.63) is 69.2 Å². The second-order valence-electron chi connectivity index (χ2n) is 7.24. The molecule has 1 amide bonds. The lowest BCUT2D eigenvalue weighted by Gasteiger charge is -2.45. The van der Waals surface area contributed by atoms with Gasteiger partial charge in [0.05, 0.1) is 0 Å². The highest BCUT2D eigenvalue weighted by atomic mass is 79.9. The molecule has 0 atom stereocenters. The molecule has 2 aromatic rings. The minimum atomic E-state index is -0.749. The van der Waals surface area contributed by atoms with Gasteiger partial charge in [0.2, 0.25) is 5.91 Å². The molecule has 26 heavy (non-hydrogen) atoms. The smallest absolute Gasteiger partial charge is 0.243 e. The Morgan fingerprint density at radius 2 is 1.81 bits per heavy atom. The van der Waals surface area contributed by atoms with Crippen LogP contribution in [0.3, 0.4) is 0 Å². The molecule has 5 heteroatoms. The van der Waals surface area contributed by atoms with E-state index < -0.39 is 5.54 Å². The van der Waals surface area contributed by atoms with E-state index in [2.05, 4.69) is 51.6 Å². The normalized spacial score (nSPS) is 27.1. The number of hydrogen-bond donors (Lipinski definition) is 2. The number of allylic oxidation sites excluding steroid dienone is 1. The third kappa shape index (κ3) is 2.76. The molecule has 0 aromatic heterocycles. The van der Waals surface area contributed by atoms with Crippen molar-refractivity contribution < 1.29 is 4.79 Å². The molecule has 0 heterocycles. The number of benzene rings is 2. The molecule has 134 valence electrons. The Labute approximate surface area is 166 Å². The summed E-state index contributed by atoms with van der Waals surface area (Å²) in [5.41, 5.74) is 8.47. The molecule has 2 aliphatic carbocycles. The average Bonchev–Trinajstić information content (AvgIpc) is 2.89. The van der Waals surface area contributed by atoms with Crippen molar-refractivity contribution in [1.29, 1.82) is 0 Å². The van der Waals surface area contributed by atoms with E-state index in [1.165, 1.54) is 15.6 Å². The van der Waals surface area contributed by atoms with Crippen molar-refractivity contribution in [3.63, 3.8) is 0 Å². The first-order valence-electron chi connectivity index (χ1n) is 8.76. The SMILES string of the molecule is NC(=O)C1(Nc2cccc(Cl)c2)CCC2(CC1)C(Br)=Cc1ccccc12. The summed E-state index contributed by atoms with van der Waals surface area (Å²) in [6.45, 7) is 0. The molecule has 0 radical (unpaired) electrons. The standard InChI is InChI=1S/C21H20BrClN2O/c22-18-12-14-4-1-2-7-17(14)20(18)8-10-21(11-9-20,19(24)26)25-16-6-3-5-15(23)13-16/h1-7,12-13,25H,8-11H2,(H2,24,26). The molecular formula is C21H20BrClN2O. The summed E-state index contributed by atoms with van der Waals surface area (Å²) in [6, 6.07) is 15.9. The van der Waals surface area contributed by atoms with Crippen LogP contribution in [0.25, 0.3) is 6.08 Å². The van der Waals surface area contributed by atoms with E-state index in [0.717, 1.165) is 18.5 Å². The topological polar surface area (TPSA) is 55.1 Å². The van der Waals surface area contributed by atoms with Crippen LogP contribution in [0.15, 0.2) is 53.0 Å². The number of nitrogens with two attached hydrogens (primary N) is 1. The van der Waals surface area contributed by atoms with Crippen LogP contribution < -0.4 is 11.1 Å². The number of carbonyl (C=O) groups is 1. The Kier molecular flexibility index (Phi) is 4.36. The highest BCUT2D eigenvalue weighted by Crippen LogP contribution is 2.55. The lowest BCUT2D eigenvalue weighted by molar-refractivity contribution is -0.123. The van der Waals surface area contributed by atoms with E-state index in [1.54, 1.807) is 0 Å². The lowest BCUT2D eigenvalue weighted by Crippen LogP contribution is -2.54. The molecule has 3 N–H and O–H groups in total. The second-order valence-corrected chi connectivity index (χ2v) is 8.53. The molecule has 1 saturated carbocycles. The van der Waals surface area contributed by atoms with Crippen LogP contribution in [0, 0.1) is 0 Å². The highest BCUT2D eigenvalue weighted by molar-refractivity contribution is 9.11. The van der Waals surface area contributed by atoms with Gasteiger partial charge in [0.15, 0.2) is 0 Å². The second kappa shape index (κ2) is 6.43. The minimum Gasteiger partial charge on any atom is -0.371 e. The average molecular weight is 432 g/mol. The maximum absolute atomic E-state index is 12.4. The number of carbonyl (C=O) groups excluding carboxylic acids is 1. The largest absolute Gasteiger partial charge is 0.371 e. The number of hydrogen-bond acceptors (Lipinski definition) is 2. The van der Waals surface area contributed by atoms with Crippen LogP contribution in [0.5, 0.6) is 0 Å². The molecule has 2 aromatic carbocycles. The number of halogens is 2. The van der Waals surface area contributed by atoms with Crippen molar-refractivity contribution in [2.24, 2.45) is 5.73 Å². The van der Waals surface area contributed by atoms with Crippen LogP contribution in [-0.2, 0) is 10.2 Å². The van der Waals surface area contributed by atoms with E-state index in [1.807, 2.05) is 24.3 Å². The first-order chi connectivity index (χ1) is 12.5. The van der Waals surface area contributed by atoms with Crippen molar-refractivity contribution in [3.8, 4) is 0 Å². The Bertz CT molecular complexity index is 900. The zero-order chi connectivity index (χ0) is 18.4.